The van der Waals surface area contributed by atoms with Gasteiger partial charge in [-0.1, -0.05) is 44.2 Å². The predicted octanol–water partition coefficient (Wildman–Crippen LogP) is 7.36. The number of carbonyl (C=O) groups excluding carboxylic acids is 6. The molecule has 29 heteroatoms. The highest BCUT2D eigenvalue weighted by atomic mass is 32.1. The molecule has 1 aliphatic heterocycles. The number of thiazole rings is 6. The van der Waals surface area contributed by atoms with E-state index in [1.165, 1.54) is 59.5 Å². The maximum atomic E-state index is 14.3. The van der Waals surface area contributed by atoms with Crippen LogP contribution in [0.5, 0.6) is 0 Å². The van der Waals surface area contributed by atoms with Gasteiger partial charge < -0.3 is 46.9 Å². The number of rotatable bonds is 11. The van der Waals surface area contributed by atoms with Crippen molar-refractivity contribution in [2.24, 2.45) is 17.8 Å². The van der Waals surface area contributed by atoms with Gasteiger partial charge in [0.25, 0.3) is 17.7 Å². The Morgan fingerprint density at radius 1 is 0.695 bits per heavy atom. The highest BCUT2D eigenvalue weighted by Gasteiger charge is 2.42. The van der Waals surface area contributed by atoms with Gasteiger partial charge in [0.2, 0.25) is 17.7 Å². The number of benzene rings is 1. The van der Waals surface area contributed by atoms with E-state index < -0.39 is 84.0 Å². The first-order valence-electron chi connectivity index (χ1n) is 25.4. The fourth-order valence-electron chi connectivity index (χ4n) is 8.97. The Morgan fingerprint density at radius 3 is 2.13 bits per heavy atom. The number of ether oxygens (including phenoxy) is 1. The van der Waals surface area contributed by atoms with Gasteiger partial charge in [0.05, 0.1) is 54.1 Å². The zero-order valence-electron chi connectivity index (χ0n) is 44.2. The van der Waals surface area contributed by atoms with E-state index in [4.69, 9.17) is 24.7 Å². The number of carboxylic acids is 1. The molecule has 10 rings (SSSR count). The molecular weight excluding hydrogens is 1170 g/mol. The summed E-state index contributed by atoms with van der Waals surface area (Å²) >= 11 is 7.11. The van der Waals surface area contributed by atoms with E-state index in [0.717, 1.165) is 22.7 Å². The maximum Gasteiger partial charge on any atom is 0.307 e. The zero-order chi connectivity index (χ0) is 57.9. The number of aryl methyl sites for hydroxylation is 1. The molecule has 0 spiro atoms. The summed E-state index contributed by atoms with van der Waals surface area (Å²) in [6.07, 6.45) is -0.641. The zero-order valence-corrected chi connectivity index (χ0v) is 49.1. The van der Waals surface area contributed by atoms with Crippen LogP contribution in [0.25, 0.3) is 43.4 Å². The second kappa shape index (κ2) is 24.8. The number of hydrogen-bond acceptors (Lipinski definition) is 22. The first-order chi connectivity index (χ1) is 39.5. The van der Waals surface area contributed by atoms with Crippen LogP contribution in [0.15, 0.2) is 64.0 Å². The Bertz CT molecular complexity index is 3740. The van der Waals surface area contributed by atoms with Gasteiger partial charge in [-0.2, -0.15) is 0 Å². The standard InChI is InChI=1S/C53H51N13O10S6/c1-22(2)37-52-66-40(33(82-52)17-76-5)45(72)55-16-36(68)63-41(42(69)24-9-7-6-8-10-24)51-60-32(20-79-51)49-58-30(18-78-49)39-27(13-14-28(56-39)48-62-34(21-80-48)61-43(70)25-11-12-26(25)53(74)75)47-59-31(19-77-47)44(71)57-29(15-35(67)54-4)50-65-38(23(3)81-50)46(73)64-37/h6-10,13-14,18-22,25-26,29,37,41-42,69H,11-12,15-17H2,1-5H3,(H,54,67)(H,55,72)(H,57,71)(H,61,70)(H,63,68)(H,64,73)(H,74,75)/t25-,26-,29-,37-,41-,42-/m0/s1. The Morgan fingerprint density at radius 2 is 1.40 bits per heavy atom. The number of aliphatic hydroxyl groups is 1. The largest absolute Gasteiger partial charge is 0.481 e. The molecular formula is C53H51N13O10S6. The van der Waals surface area contributed by atoms with Crippen molar-refractivity contribution in [3.63, 3.8) is 0 Å². The van der Waals surface area contributed by atoms with Crippen LogP contribution >= 0.6 is 68.0 Å². The maximum absolute atomic E-state index is 14.3. The number of carboxylic acid groups (broad SMARTS) is 1. The van der Waals surface area contributed by atoms with Crippen LogP contribution in [0.4, 0.5) is 5.82 Å². The van der Waals surface area contributed by atoms with Gasteiger partial charge in [-0.3, -0.25) is 33.6 Å². The van der Waals surface area contributed by atoms with Crippen LogP contribution in [0.1, 0.15) is 119 Å². The number of fused-ring (bicyclic) bond motifs is 14. The number of carbonyl (C=O) groups is 7. The molecule has 1 fully saturated rings. The molecule has 2 aliphatic rings. The Labute approximate surface area is 491 Å². The Kier molecular flexibility index (Phi) is 17.4. The number of amides is 6. The first-order valence-corrected chi connectivity index (χ1v) is 30.6. The third-order valence-electron chi connectivity index (χ3n) is 13.4. The average molecular weight is 1220 g/mol. The lowest BCUT2D eigenvalue weighted by Crippen LogP contribution is -2.41. The molecule has 7 aromatic heterocycles. The molecule has 23 nitrogen and oxygen atoms in total. The number of nitrogens with one attached hydrogen (secondary N) is 6. The van der Waals surface area contributed by atoms with Crippen molar-refractivity contribution in [2.45, 2.75) is 70.9 Å². The van der Waals surface area contributed by atoms with Crippen LogP contribution in [0.2, 0.25) is 0 Å². The lowest BCUT2D eigenvalue weighted by atomic mass is 9.73. The minimum atomic E-state index is -1.28. The predicted molar refractivity (Wildman–Crippen MR) is 309 cm³/mol. The molecule has 0 saturated heterocycles. The summed E-state index contributed by atoms with van der Waals surface area (Å²) in [5.74, 6) is -5.83. The highest BCUT2D eigenvalue weighted by molar-refractivity contribution is 7.15. The lowest BCUT2D eigenvalue weighted by molar-refractivity contribution is -0.151. The molecule has 1 aromatic carbocycles. The van der Waals surface area contributed by atoms with Crippen molar-refractivity contribution in [1.82, 2.24) is 61.5 Å². The highest BCUT2D eigenvalue weighted by Crippen LogP contribution is 2.41. The fourth-order valence-corrected chi connectivity index (χ4v) is 14.5. The van der Waals surface area contributed by atoms with Crippen LogP contribution in [0.3, 0.4) is 0 Å². The molecule has 8 N–H and O–H groups in total. The number of methoxy groups -OCH3 is 1. The normalized spacial score (nSPS) is 19.0. The topological polar surface area (TPSA) is 332 Å². The van der Waals surface area contributed by atoms with Gasteiger partial charge in [-0.05, 0) is 43.4 Å². The monoisotopic (exact) mass is 1220 g/mol. The fraction of sp³-hybridized carbons (Fsp3) is 0.321. The number of aliphatic carboxylic acids is 1. The SMILES string of the molecule is CNC(=O)C[C@@H]1NC(=O)c2csc(n2)-c2ccc(-c3nc(NC(=O)[C@H]4CC[C@@H]4C(=O)O)cs3)nc2-c2csc(n2)-c2csc(n2)[C@H]([C@@H](O)c2ccccc2)NC(=O)CNC(=O)c2nc(sc2COC)[C@H](C(C)C)NC(=O)c2nc1sc2C. The van der Waals surface area contributed by atoms with Crippen LogP contribution in [-0.4, -0.2) is 107 Å². The van der Waals surface area contributed by atoms with Gasteiger partial charge in [0.1, 0.15) is 82.2 Å². The molecule has 6 atom stereocenters. The Hall–Kier alpha value is -7.64. The minimum Gasteiger partial charge on any atom is -0.481 e. The van der Waals surface area contributed by atoms with Crippen LogP contribution in [-0.2, 0) is 30.5 Å². The van der Waals surface area contributed by atoms with Gasteiger partial charge in [0.15, 0.2) is 0 Å². The van der Waals surface area contributed by atoms with E-state index in [0.29, 0.717) is 81.5 Å². The van der Waals surface area contributed by atoms with Gasteiger partial charge >= 0.3 is 5.97 Å². The van der Waals surface area contributed by atoms with Crippen molar-refractivity contribution in [3.8, 4) is 43.4 Å². The van der Waals surface area contributed by atoms with Crippen LogP contribution in [0, 0.1) is 24.7 Å². The molecule has 8 aromatic rings. The third-order valence-corrected chi connectivity index (χ3v) is 19.2. The summed E-state index contributed by atoms with van der Waals surface area (Å²) in [6, 6.07) is 9.41. The number of aromatic nitrogens is 7. The quantitative estimate of drug-likeness (QED) is 0.0627. The minimum absolute atomic E-state index is 0.00117. The van der Waals surface area contributed by atoms with E-state index in [2.05, 4.69) is 46.9 Å². The molecule has 424 valence electrons. The van der Waals surface area contributed by atoms with E-state index in [-0.39, 0.29) is 46.9 Å². The summed E-state index contributed by atoms with van der Waals surface area (Å²) in [5, 5.41) is 47.3. The Balaban J connectivity index is 1.04. The average Bonchev–Trinajstić information content (AvgIpc) is 4.45. The second-order valence-electron chi connectivity index (χ2n) is 19.3. The van der Waals surface area contributed by atoms with Crippen molar-refractivity contribution in [1.29, 1.82) is 0 Å². The first kappa shape index (κ1) is 57.6. The van der Waals surface area contributed by atoms with Gasteiger partial charge in [-0.15, -0.1) is 68.0 Å². The van der Waals surface area contributed by atoms with Crippen molar-refractivity contribution < 1.29 is 48.5 Å². The number of anilines is 1. The molecule has 1 aliphatic carbocycles. The van der Waals surface area contributed by atoms with E-state index in [1.807, 2.05) is 13.8 Å². The van der Waals surface area contributed by atoms with Crippen LogP contribution < -0.4 is 31.9 Å². The lowest BCUT2D eigenvalue weighted by Gasteiger charge is -2.31. The number of hydrogen-bond donors (Lipinski definition) is 8. The van der Waals surface area contributed by atoms with Crippen molar-refractivity contribution in [3.05, 3.63) is 111 Å². The van der Waals surface area contributed by atoms with Gasteiger partial charge in [0, 0.05) is 46.1 Å². The summed E-state index contributed by atoms with van der Waals surface area (Å²) in [6.45, 7) is 4.94. The number of nitrogens with zero attached hydrogens (tertiary/aromatic N) is 7. The summed E-state index contributed by atoms with van der Waals surface area (Å²) in [5.41, 5.74) is 2.60. The molecule has 6 amide bonds. The molecule has 10 bridgehead atoms. The summed E-state index contributed by atoms with van der Waals surface area (Å²) in [7, 11) is 2.93. The molecule has 0 unspecified atom stereocenters. The van der Waals surface area contributed by atoms with E-state index >= 15 is 0 Å². The number of aliphatic hydroxyl groups excluding tert-OH is 1. The van der Waals surface area contributed by atoms with Gasteiger partial charge in [-0.25, -0.2) is 34.9 Å². The molecule has 1 saturated carbocycles. The van der Waals surface area contributed by atoms with E-state index in [1.54, 1.807) is 70.9 Å². The van der Waals surface area contributed by atoms with Crippen molar-refractivity contribution >= 4 is 115 Å². The van der Waals surface area contributed by atoms with Crippen molar-refractivity contribution in [2.75, 3.05) is 26.0 Å². The molecule has 8 heterocycles. The number of pyridine rings is 1. The molecule has 0 radical (unpaired) electrons. The van der Waals surface area contributed by atoms with E-state index in [9.17, 15) is 43.8 Å². The summed E-state index contributed by atoms with van der Waals surface area (Å²) < 4.78 is 5.44. The smallest absolute Gasteiger partial charge is 0.307 e. The second-order valence-corrected chi connectivity index (χ2v) is 25.1. The third kappa shape index (κ3) is 12.4. The summed E-state index contributed by atoms with van der Waals surface area (Å²) in [4.78, 5) is 129. The molecule has 82 heavy (non-hydrogen) atoms.